The van der Waals surface area contributed by atoms with E-state index >= 15 is 0 Å². The monoisotopic (exact) mass is 219 g/mol. The van der Waals surface area contributed by atoms with Crippen molar-refractivity contribution in [2.24, 2.45) is 0 Å². The first-order valence-corrected chi connectivity index (χ1v) is 4.97. The Morgan fingerprint density at radius 2 is 2.06 bits per heavy atom. The van der Waals surface area contributed by atoms with E-state index in [4.69, 9.17) is 0 Å². The molecule has 5 heteroatoms. The second-order valence-electron chi connectivity index (χ2n) is 4.67. The molecule has 0 atom stereocenters. The number of hydrogen-bond donors (Lipinski definition) is 1. The van der Waals surface area contributed by atoms with Gasteiger partial charge in [0.2, 0.25) is 5.88 Å². The number of aromatic hydroxyl groups is 1. The fourth-order valence-corrected chi connectivity index (χ4v) is 1.64. The summed E-state index contributed by atoms with van der Waals surface area (Å²) in [6.07, 6.45) is 4.49. The molecule has 0 aromatic carbocycles. The summed E-state index contributed by atoms with van der Waals surface area (Å²) in [5.41, 5.74) is -0.0369. The molecule has 0 aliphatic rings. The van der Waals surface area contributed by atoms with E-state index in [9.17, 15) is 9.90 Å². The summed E-state index contributed by atoms with van der Waals surface area (Å²) in [7, 11) is 0. The molecule has 0 amide bonds. The van der Waals surface area contributed by atoms with Crippen LogP contribution in [0, 0.1) is 0 Å². The van der Waals surface area contributed by atoms with E-state index in [0.717, 1.165) is 0 Å². The summed E-state index contributed by atoms with van der Waals surface area (Å²) in [6, 6.07) is 0. The molecule has 0 fully saturated rings. The first-order chi connectivity index (χ1) is 7.41. The standard InChI is InChI=1S/C11H13N3O2/c1-11(2,3)8-9(15)13-7-6-12-4-5-14(7)10(8)16/h4-6,15H,1-3H3. The van der Waals surface area contributed by atoms with Crippen molar-refractivity contribution in [1.82, 2.24) is 14.4 Å². The lowest BCUT2D eigenvalue weighted by atomic mass is 9.88. The minimum atomic E-state index is -0.446. The molecule has 16 heavy (non-hydrogen) atoms. The highest BCUT2D eigenvalue weighted by Crippen LogP contribution is 2.25. The van der Waals surface area contributed by atoms with Gasteiger partial charge in [0.05, 0.1) is 11.8 Å². The Kier molecular flexibility index (Phi) is 2.18. The van der Waals surface area contributed by atoms with Crippen LogP contribution in [0.3, 0.4) is 0 Å². The first kappa shape index (κ1) is 10.6. The predicted molar refractivity (Wildman–Crippen MR) is 59.6 cm³/mol. The second kappa shape index (κ2) is 3.30. The third-order valence-electron chi connectivity index (χ3n) is 2.37. The van der Waals surface area contributed by atoms with Crippen molar-refractivity contribution in [3.63, 3.8) is 0 Å². The molecule has 0 radical (unpaired) electrons. The molecule has 0 aliphatic carbocycles. The minimum absolute atomic E-state index is 0.217. The lowest BCUT2D eigenvalue weighted by Crippen LogP contribution is -2.28. The Labute approximate surface area is 92.4 Å². The summed E-state index contributed by atoms with van der Waals surface area (Å²) in [5.74, 6) is -0.217. The van der Waals surface area contributed by atoms with Crippen molar-refractivity contribution >= 4 is 5.65 Å². The molecule has 1 N–H and O–H groups in total. The number of nitrogens with zero attached hydrogens (tertiary/aromatic N) is 3. The van der Waals surface area contributed by atoms with Gasteiger partial charge in [0.25, 0.3) is 5.56 Å². The summed E-state index contributed by atoms with van der Waals surface area (Å²) in [6.45, 7) is 5.58. The average Bonchev–Trinajstić information content (AvgIpc) is 2.15. The molecule has 0 aliphatic heterocycles. The van der Waals surface area contributed by atoms with Crippen molar-refractivity contribution in [3.05, 3.63) is 34.5 Å². The Hall–Kier alpha value is -1.91. The molecule has 0 saturated carbocycles. The van der Waals surface area contributed by atoms with Crippen molar-refractivity contribution in [3.8, 4) is 5.88 Å². The van der Waals surface area contributed by atoms with Gasteiger partial charge >= 0.3 is 0 Å². The Morgan fingerprint density at radius 1 is 1.38 bits per heavy atom. The second-order valence-corrected chi connectivity index (χ2v) is 4.67. The van der Waals surface area contributed by atoms with Gasteiger partial charge in [0, 0.05) is 12.4 Å². The summed E-state index contributed by atoms with van der Waals surface area (Å²) in [5, 5.41) is 9.77. The van der Waals surface area contributed by atoms with E-state index in [1.54, 1.807) is 6.20 Å². The van der Waals surface area contributed by atoms with Crippen LogP contribution in [0.1, 0.15) is 26.3 Å². The average molecular weight is 219 g/mol. The van der Waals surface area contributed by atoms with Gasteiger partial charge < -0.3 is 5.11 Å². The number of fused-ring (bicyclic) bond motifs is 1. The van der Waals surface area contributed by atoms with Gasteiger partial charge in [-0.3, -0.25) is 14.2 Å². The van der Waals surface area contributed by atoms with E-state index in [1.165, 1.54) is 16.8 Å². The topological polar surface area (TPSA) is 67.5 Å². The molecule has 2 aromatic heterocycles. The maximum Gasteiger partial charge on any atom is 0.265 e. The molecule has 0 bridgehead atoms. The third kappa shape index (κ3) is 1.54. The van der Waals surface area contributed by atoms with Crippen LogP contribution in [0.4, 0.5) is 0 Å². The van der Waals surface area contributed by atoms with Crippen LogP contribution in [0.2, 0.25) is 0 Å². The van der Waals surface area contributed by atoms with Crippen molar-refractivity contribution in [2.45, 2.75) is 26.2 Å². The molecule has 0 saturated heterocycles. The number of aromatic nitrogens is 3. The molecule has 84 valence electrons. The normalized spacial score (nSPS) is 11.9. The number of hydrogen-bond acceptors (Lipinski definition) is 4. The van der Waals surface area contributed by atoms with Gasteiger partial charge in [-0.15, -0.1) is 0 Å². The van der Waals surface area contributed by atoms with Gasteiger partial charge in [-0.25, -0.2) is 0 Å². The highest BCUT2D eigenvalue weighted by molar-refractivity contribution is 5.42. The summed E-state index contributed by atoms with van der Waals surface area (Å²) < 4.78 is 1.38. The van der Waals surface area contributed by atoms with Crippen LogP contribution < -0.4 is 5.56 Å². The Morgan fingerprint density at radius 3 is 2.69 bits per heavy atom. The third-order valence-corrected chi connectivity index (χ3v) is 2.37. The zero-order chi connectivity index (χ0) is 11.9. The molecular formula is C11H13N3O2. The fraction of sp³-hybridized carbons (Fsp3) is 0.364. The van der Waals surface area contributed by atoms with E-state index in [-0.39, 0.29) is 11.4 Å². The first-order valence-electron chi connectivity index (χ1n) is 4.97. The van der Waals surface area contributed by atoms with Crippen molar-refractivity contribution in [1.29, 1.82) is 0 Å². The predicted octanol–water partition coefficient (Wildman–Crippen LogP) is 1.09. The lowest BCUT2D eigenvalue weighted by molar-refractivity contribution is 0.423. The maximum absolute atomic E-state index is 12.1. The Balaban J connectivity index is 2.92. The quantitative estimate of drug-likeness (QED) is 0.720. The highest BCUT2D eigenvalue weighted by Gasteiger charge is 2.24. The fourth-order valence-electron chi connectivity index (χ4n) is 1.64. The summed E-state index contributed by atoms with van der Waals surface area (Å²) in [4.78, 5) is 19.9. The smallest absolute Gasteiger partial charge is 0.265 e. The highest BCUT2D eigenvalue weighted by atomic mass is 16.3. The van der Waals surface area contributed by atoms with Crippen LogP contribution >= 0.6 is 0 Å². The molecule has 2 rings (SSSR count). The van der Waals surface area contributed by atoms with E-state index in [2.05, 4.69) is 9.97 Å². The maximum atomic E-state index is 12.1. The van der Waals surface area contributed by atoms with Gasteiger partial charge in [0.15, 0.2) is 5.65 Å². The van der Waals surface area contributed by atoms with Gasteiger partial charge in [-0.05, 0) is 5.41 Å². The van der Waals surface area contributed by atoms with Gasteiger partial charge in [-0.2, -0.15) is 4.98 Å². The Bertz CT molecular complexity index is 596. The summed E-state index contributed by atoms with van der Waals surface area (Å²) >= 11 is 0. The van der Waals surface area contributed by atoms with Crippen LogP contribution in [-0.4, -0.2) is 19.5 Å². The lowest BCUT2D eigenvalue weighted by Gasteiger charge is -2.18. The molecule has 5 nitrogen and oxygen atoms in total. The molecule has 2 heterocycles. The molecule has 0 unspecified atom stereocenters. The largest absolute Gasteiger partial charge is 0.493 e. The van der Waals surface area contributed by atoms with Crippen LogP contribution in [-0.2, 0) is 5.41 Å². The van der Waals surface area contributed by atoms with Crippen LogP contribution in [0.5, 0.6) is 5.88 Å². The van der Waals surface area contributed by atoms with E-state index in [1.807, 2.05) is 20.8 Å². The zero-order valence-corrected chi connectivity index (χ0v) is 9.43. The van der Waals surface area contributed by atoms with Crippen LogP contribution in [0.15, 0.2) is 23.4 Å². The van der Waals surface area contributed by atoms with Gasteiger partial charge in [-0.1, -0.05) is 20.8 Å². The molecule has 0 spiro atoms. The SMILES string of the molecule is CC(C)(C)c1c(O)nc2cnccn2c1=O. The van der Waals surface area contributed by atoms with Gasteiger partial charge in [0.1, 0.15) is 0 Å². The number of rotatable bonds is 0. The van der Waals surface area contributed by atoms with Crippen molar-refractivity contribution in [2.75, 3.05) is 0 Å². The minimum Gasteiger partial charge on any atom is -0.493 e. The van der Waals surface area contributed by atoms with E-state index < -0.39 is 5.41 Å². The zero-order valence-electron chi connectivity index (χ0n) is 9.43. The van der Waals surface area contributed by atoms with E-state index in [0.29, 0.717) is 11.2 Å². The molecule has 2 aromatic rings. The van der Waals surface area contributed by atoms with Crippen LogP contribution in [0.25, 0.3) is 5.65 Å². The van der Waals surface area contributed by atoms with Crippen molar-refractivity contribution < 1.29 is 5.11 Å². The molecular weight excluding hydrogens is 206 g/mol.